The molecule has 0 spiro atoms. The molecule has 8 aromatic carbocycles. The van der Waals surface area contributed by atoms with E-state index in [-0.39, 0.29) is 56.2 Å². The van der Waals surface area contributed by atoms with Crippen molar-refractivity contribution in [3.8, 4) is 115 Å². The summed E-state index contributed by atoms with van der Waals surface area (Å²) in [6.45, 7) is 0. The highest BCUT2D eigenvalue weighted by Crippen LogP contribution is 2.67. The van der Waals surface area contributed by atoms with Gasteiger partial charge in [-0.15, -0.1) is 0 Å². The van der Waals surface area contributed by atoms with Gasteiger partial charge in [-0.25, -0.2) is 0 Å². The lowest BCUT2D eigenvalue weighted by atomic mass is 9.71. The van der Waals surface area contributed by atoms with Crippen molar-refractivity contribution in [2.24, 2.45) is 0 Å². The summed E-state index contributed by atoms with van der Waals surface area (Å²) in [5, 5.41) is 218. The lowest BCUT2D eigenvalue weighted by molar-refractivity contribution is -0.219. The van der Waals surface area contributed by atoms with E-state index in [0.29, 0.717) is 0 Å². The monoisotopic (exact) mass is 1150 g/mol. The second kappa shape index (κ2) is 18.6. The van der Waals surface area contributed by atoms with E-state index in [1.54, 1.807) is 0 Å². The minimum Gasteiger partial charge on any atom is -0.508 e. The molecule has 24 heteroatoms. The summed E-state index contributed by atoms with van der Waals surface area (Å²) in [7, 11) is 0. The third kappa shape index (κ3) is 7.68. The average Bonchev–Trinajstić information content (AvgIpc) is 0.881. The molecule has 19 N–H and O–H groups in total. The summed E-state index contributed by atoms with van der Waals surface area (Å²) in [5.41, 5.74) is -2.64. The molecule has 0 radical (unpaired) electrons. The Balaban J connectivity index is 1.09. The van der Waals surface area contributed by atoms with Crippen LogP contribution in [-0.4, -0.2) is 121 Å². The minimum absolute atomic E-state index is 0.0872. The van der Waals surface area contributed by atoms with Crippen LogP contribution >= 0.6 is 0 Å². The van der Waals surface area contributed by atoms with E-state index in [0.717, 1.165) is 78.9 Å². The molecule has 5 heterocycles. The molecule has 0 saturated carbocycles. The largest absolute Gasteiger partial charge is 0.508 e. The molecule has 5 aliphatic rings. The molecule has 0 saturated heterocycles. The molecular formula is C60H48O24. The van der Waals surface area contributed by atoms with Crippen LogP contribution in [-0.2, 0) is 12.2 Å². The fourth-order valence-electron chi connectivity index (χ4n) is 12.6. The van der Waals surface area contributed by atoms with Gasteiger partial charge in [0.05, 0.1) is 23.9 Å². The fourth-order valence-corrected chi connectivity index (χ4v) is 12.6. The molecular weight excluding hydrogens is 1100 g/mol. The number of ether oxygens (including phenoxy) is 5. The number of aliphatic hydroxyl groups is 4. The fraction of sp³-hybridized carbons (Fsp3) is 0.200. The van der Waals surface area contributed by atoms with Crippen LogP contribution in [0.4, 0.5) is 0 Å². The summed E-state index contributed by atoms with van der Waals surface area (Å²) in [6.07, 6.45) is -13.0. The van der Waals surface area contributed by atoms with Crippen molar-refractivity contribution < 1.29 is 121 Å². The summed E-state index contributed by atoms with van der Waals surface area (Å²) in [6, 6.07) is 18.2. The van der Waals surface area contributed by atoms with Gasteiger partial charge < -0.3 is 121 Å². The van der Waals surface area contributed by atoms with Gasteiger partial charge in [0.25, 0.3) is 0 Å². The summed E-state index contributed by atoms with van der Waals surface area (Å²) in [5.74, 6) is -20.1. The predicted octanol–water partition coefficient (Wildman–Crippen LogP) is 5.69. The molecule has 0 aliphatic carbocycles. The van der Waals surface area contributed by atoms with Crippen LogP contribution in [0.15, 0.2) is 103 Å². The van der Waals surface area contributed by atoms with Gasteiger partial charge in [0.2, 0.25) is 0 Å². The molecule has 24 nitrogen and oxygen atoms in total. The van der Waals surface area contributed by atoms with Crippen LogP contribution in [0.25, 0.3) is 0 Å². The van der Waals surface area contributed by atoms with Crippen molar-refractivity contribution in [1.29, 1.82) is 0 Å². The maximum absolute atomic E-state index is 13.1. The lowest BCUT2D eigenvalue weighted by Gasteiger charge is -2.51. The van der Waals surface area contributed by atoms with E-state index in [2.05, 4.69) is 0 Å². The molecule has 13 rings (SSSR count). The van der Waals surface area contributed by atoms with Crippen molar-refractivity contribution in [1.82, 2.24) is 0 Å². The van der Waals surface area contributed by atoms with Crippen LogP contribution in [0.2, 0.25) is 0 Å². The van der Waals surface area contributed by atoms with Crippen LogP contribution in [0.1, 0.15) is 97.3 Å². The molecule has 0 amide bonds. The highest BCUT2D eigenvalue weighted by atomic mass is 16.7. The van der Waals surface area contributed by atoms with E-state index in [1.807, 2.05) is 0 Å². The minimum atomic E-state index is -2.44. The molecule has 0 fully saturated rings. The Labute approximate surface area is 471 Å². The number of phenolic OH excluding ortho intramolecular Hbond substituents is 15. The maximum Gasteiger partial charge on any atom is 0.305 e. The van der Waals surface area contributed by atoms with Gasteiger partial charge in [-0.2, -0.15) is 0 Å². The smallest absolute Gasteiger partial charge is 0.305 e. The number of hydrogen-bond donors (Lipinski definition) is 19. The van der Waals surface area contributed by atoms with Crippen LogP contribution in [0.5, 0.6) is 115 Å². The number of aromatic hydroxyl groups is 15. The Bertz CT molecular complexity index is 4110. The second-order valence-corrected chi connectivity index (χ2v) is 21.2. The zero-order valence-electron chi connectivity index (χ0n) is 42.8. The number of phenols is 15. The summed E-state index contributed by atoms with van der Waals surface area (Å²) < 4.78 is 32.7. The SMILES string of the molecule is Oc1cc(O)c2c(c1)O[C@@]1(c3ccc(O)c(O)c3)Oc3cc(O)c4c(c3[C@@H]2[C@@H]1O)O[C@H](c1ccc(O)c(O)c1)[C@H](O)[C@H]4c1c(O)cc(O)c2c1O[C@H](c1ccc(O)c(O)c1)[C@H](O)[C@H]2c1c(O)cc(O)c2c1O[C@H](c1ccc(O)c(O)c1)[C@H](O)C2. The van der Waals surface area contributed by atoms with Crippen LogP contribution in [0, 0.1) is 0 Å². The molecule has 2 bridgehead atoms. The molecule has 432 valence electrons. The van der Waals surface area contributed by atoms with Crippen molar-refractivity contribution in [2.75, 3.05) is 0 Å². The Kier molecular flexibility index (Phi) is 11.7. The number of aliphatic hydroxyl groups excluding tert-OH is 4. The predicted molar refractivity (Wildman–Crippen MR) is 283 cm³/mol. The van der Waals surface area contributed by atoms with Gasteiger partial charge >= 0.3 is 5.79 Å². The van der Waals surface area contributed by atoms with Gasteiger partial charge in [0.15, 0.2) is 58.2 Å². The maximum atomic E-state index is 13.1. The van der Waals surface area contributed by atoms with E-state index in [9.17, 15) is 97.0 Å². The lowest BCUT2D eigenvalue weighted by Crippen LogP contribution is -2.57. The van der Waals surface area contributed by atoms with E-state index >= 15 is 0 Å². The molecule has 0 unspecified atom stereocenters. The van der Waals surface area contributed by atoms with Gasteiger partial charge in [-0.3, -0.25) is 0 Å². The average molecular weight is 1150 g/mol. The van der Waals surface area contributed by atoms with Crippen molar-refractivity contribution in [2.45, 2.75) is 72.7 Å². The quantitative estimate of drug-likeness (QED) is 0.0889. The van der Waals surface area contributed by atoms with Crippen molar-refractivity contribution >= 4 is 0 Å². The molecule has 84 heavy (non-hydrogen) atoms. The summed E-state index contributed by atoms with van der Waals surface area (Å²) >= 11 is 0. The zero-order chi connectivity index (χ0) is 59.4. The number of fused-ring (bicyclic) bond motifs is 10. The van der Waals surface area contributed by atoms with E-state index < -0.39 is 193 Å². The third-order valence-electron chi connectivity index (χ3n) is 16.4. The number of hydrogen-bond acceptors (Lipinski definition) is 24. The Morgan fingerprint density at radius 1 is 0.333 bits per heavy atom. The standard InChI is InChI=1S/C60H48O24/c61-23-13-34(71)42-40(14-23)83-60(22-4-8-28(65)33(70)12-22)59(79)50(42)47-41(84-60)18-38(75)46-49(52(78)55(82-58(46)47)21-3-7-27(64)32(69)11-21)45-37(74)17-36(73)44-48(51(77)54(81-57(44)45)20-2-6-26(63)31(68)10-20)43-35(72)16-29(66)24-15-39(76)53(80-56(24)43)19-1-5-25(62)30(67)9-19/h1-14,16-18,39,48-55,59,61-79H,15H2/t39-,48+,49+,50-,51-,52-,53-,54-,55-,59+,60+/m1/s1. The Morgan fingerprint density at radius 2 is 0.738 bits per heavy atom. The second-order valence-electron chi connectivity index (χ2n) is 21.2. The molecule has 8 aromatic rings. The normalized spacial score (nSPS) is 25.1. The van der Waals surface area contributed by atoms with Crippen LogP contribution < -0.4 is 23.7 Å². The molecule has 11 atom stereocenters. The first-order chi connectivity index (χ1) is 40.0. The van der Waals surface area contributed by atoms with Crippen molar-refractivity contribution in [3.05, 3.63) is 164 Å². The number of benzene rings is 8. The topological polar surface area (TPSA) is 431 Å². The van der Waals surface area contributed by atoms with E-state index in [1.165, 1.54) is 24.3 Å². The van der Waals surface area contributed by atoms with Crippen LogP contribution in [0.3, 0.4) is 0 Å². The first kappa shape index (κ1) is 52.9. The van der Waals surface area contributed by atoms with Gasteiger partial charge in [-0.05, 0) is 71.3 Å². The third-order valence-corrected chi connectivity index (χ3v) is 16.4. The van der Waals surface area contributed by atoms with Gasteiger partial charge in [-0.1, -0.05) is 18.2 Å². The first-order valence-electron chi connectivity index (χ1n) is 25.8. The highest BCUT2D eigenvalue weighted by molar-refractivity contribution is 5.74. The Hall–Kier alpha value is -10.4. The molecule has 0 aromatic heterocycles. The van der Waals surface area contributed by atoms with Crippen molar-refractivity contribution in [3.63, 3.8) is 0 Å². The molecule has 5 aliphatic heterocycles. The van der Waals surface area contributed by atoms with Gasteiger partial charge in [0, 0.05) is 81.3 Å². The van der Waals surface area contributed by atoms with Gasteiger partial charge in [0.1, 0.15) is 93.4 Å². The Morgan fingerprint density at radius 3 is 1.24 bits per heavy atom. The zero-order valence-corrected chi connectivity index (χ0v) is 42.8. The first-order valence-corrected chi connectivity index (χ1v) is 25.8. The summed E-state index contributed by atoms with van der Waals surface area (Å²) in [4.78, 5) is 0. The van der Waals surface area contributed by atoms with E-state index in [4.69, 9.17) is 23.7 Å². The highest BCUT2D eigenvalue weighted by Gasteiger charge is 2.61. The number of rotatable bonds is 6.